The molecule has 0 aromatic carbocycles. The number of rotatable bonds is 5. The van der Waals surface area contributed by atoms with E-state index in [0.717, 1.165) is 12.8 Å². The Labute approximate surface area is 104 Å². The molecule has 1 saturated carbocycles. The van der Waals surface area contributed by atoms with E-state index in [9.17, 15) is 0 Å². The van der Waals surface area contributed by atoms with Crippen LogP contribution in [0.5, 0.6) is 0 Å². The Kier molecular flexibility index (Phi) is 2.75. The minimum Gasteiger partial charge on any atom is -0.383 e. The second kappa shape index (κ2) is 4.41. The zero-order chi connectivity index (χ0) is 12.5. The molecule has 1 aliphatic carbocycles. The molecular weight excluding hydrogens is 234 g/mol. The van der Waals surface area contributed by atoms with Crippen molar-refractivity contribution < 1.29 is 9.26 Å². The van der Waals surface area contributed by atoms with E-state index in [1.54, 1.807) is 6.20 Å². The van der Waals surface area contributed by atoms with Crippen molar-refractivity contribution >= 4 is 5.82 Å². The summed E-state index contributed by atoms with van der Waals surface area (Å²) in [7, 11) is 0. The van der Waals surface area contributed by atoms with Gasteiger partial charge in [-0.25, -0.2) is 0 Å². The van der Waals surface area contributed by atoms with Gasteiger partial charge in [0.05, 0.1) is 6.20 Å². The fourth-order valence-corrected chi connectivity index (χ4v) is 1.93. The zero-order valence-electron chi connectivity index (χ0n) is 10.1. The minimum atomic E-state index is -0.0689. The van der Waals surface area contributed by atoms with Crippen LogP contribution >= 0.6 is 0 Å². The van der Waals surface area contributed by atoms with Crippen molar-refractivity contribution in [1.82, 2.24) is 20.3 Å². The molecule has 7 nitrogen and oxygen atoms in total. The number of anilines is 1. The fraction of sp³-hybridized carbons (Fsp3) is 0.545. The molecule has 0 saturated heterocycles. The van der Waals surface area contributed by atoms with Gasteiger partial charge in [0.25, 0.3) is 5.89 Å². The number of nitrogens with two attached hydrogens (primary N) is 1. The van der Waals surface area contributed by atoms with E-state index in [2.05, 4.69) is 20.3 Å². The second-order valence-electron chi connectivity index (χ2n) is 4.37. The molecule has 7 heteroatoms. The predicted octanol–water partition coefficient (Wildman–Crippen LogP) is 1.53. The van der Waals surface area contributed by atoms with Crippen LogP contribution in [-0.2, 0) is 4.74 Å². The van der Waals surface area contributed by atoms with Crippen LogP contribution in [0.15, 0.2) is 10.7 Å². The molecule has 2 aromatic heterocycles. The topological polar surface area (TPSA) is 103 Å². The predicted molar refractivity (Wildman–Crippen MR) is 63.4 cm³/mol. The number of hydrogen-bond acceptors (Lipinski definition) is 6. The van der Waals surface area contributed by atoms with Gasteiger partial charge < -0.3 is 15.0 Å². The van der Waals surface area contributed by atoms with E-state index in [0.29, 0.717) is 35.6 Å². The van der Waals surface area contributed by atoms with E-state index < -0.39 is 0 Å². The third-order valence-corrected chi connectivity index (χ3v) is 2.99. The monoisotopic (exact) mass is 249 g/mol. The Morgan fingerprint density at radius 3 is 3.06 bits per heavy atom. The number of hydrogen-bond donors (Lipinski definition) is 2. The molecule has 0 aliphatic heterocycles. The van der Waals surface area contributed by atoms with Crippen molar-refractivity contribution in [2.45, 2.75) is 25.9 Å². The first kappa shape index (κ1) is 11.2. The molecule has 1 fully saturated rings. The maximum atomic E-state index is 5.71. The first-order valence-electron chi connectivity index (χ1n) is 6.04. The SMILES string of the molecule is CCOC(c1noc(-c2cn[nH]c2N)n1)C1CC1. The number of aromatic amines is 1. The molecule has 1 atom stereocenters. The summed E-state index contributed by atoms with van der Waals surface area (Å²) in [5, 5.41) is 10.4. The number of aromatic nitrogens is 4. The van der Waals surface area contributed by atoms with E-state index in [4.69, 9.17) is 15.0 Å². The quantitative estimate of drug-likeness (QED) is 0.832. The lowest BCUT2D eigenvalue weighted by molar-refractivity contribution is 0.0385. The van der Waals surface area contributed by atoms with Gasteiger partial charge in [-0.15, -0.1) is 0 Å². The molecule has 3 rings (SSSR count). The number of nitrogen functional groups attached to an aromatic ring is 1. The van der Waals surface area contributed by atoms with Crippen LogP contribution in [0.4, 0.5) is 5.82 Å². The molecule has 0 radical (unpaired) electrons. The van der Waals surface area contributed by atoms with Gasteiger partial charge in [0.2, 0.25) is 5.82 Å². The maximum Gasteiger partial charge on any atom is 0.263 e. The number of nitrogens with zero attached hydrogens (tertiary/aromatic N) is 3. The van der Waals surface area contributed by atoms with E-state index in [1.165, 1.54) is 0 Å². The maximum absolute atomic E-state index is 5.71. The largest absolute Gasteiger partial charge is 0.383 e. The van der Waals surface area contributed by atoms with Crippen LogP contribution in [0.2, 0.25) is 0 Å². The lowest BCUT2D eigenvalue weighted by atomic mass is 10.2. The van der Waals surface area contributed by atoms with Gasteiger partial charge in [-0.2, -0.15) is 10.1 Å². The second-order valence-corrected chi connectivity index (χ2v) is 4.37. The summed E-state index contributed by atoms with van der Waals surface area (Å²) in [6.07, 6.45) is 3.81. The molecule has 1 unspecified atom stereocenters. The molecule has 1 aliphatic rings. The number of H-pyrrole nitrogens is 1. The highest BCUT2D eigenvalue weighted by Crippen LogP contribution is 2.42. The molecule has 0 bridgehead atoms. The Balaban J connectivity index is 1.86. The van der Waals surface area contributed by atoms with Crippen LogP contribution in [-0.4, -0.2) is 26.9 Å². The Bertz CT molecular complexity index is 531. The third kappa shape index (κ3) is 1.97. The van der Waals surface area contributed by atoms with Crippen LogP contribution in [0.1, 0.15) is 31.7 Å². The van der Waals surface area contributed by atoms with Crippen LogP contribution in [0.25, 0.3) is 11.5 Å². The normalized spacial score (nSPS) is 16.9. The molecular formula is C11H15N5O2. The first-order chi connectivity index (χ1) is 8.79. The van der Waals surface area contributed by atoms with Crippen LogP contribution in [0.3, 0.4) is 0 Å². The summed E-state index contributed by atoms with van der Waals surface area (Å²) in [6.45, 7) is 2.60. The van der Waals surface area contributed by atoms with Crippen molar-refractivity contribution in [3.8, 4) is 11.5 Å². The number of ether oxygens (including phenoxy) is 1. The van der Waals surface area contributed by atoms with Gasteiger partial charge in [-0.05, 0) is 25.7 Å². The lowest BCUT2D eigenvalue weighted by Gasteiger charge is -2.10. The molecule has 0 amide bonds. The van der Waals surface area contributed by atoms with Gasteiger partial charge >= 0.3 is 0 Å². The zero-order valence-corrected chi connectivity index (χ0v) is 10.1. The standard InChI is InChI=1S/C11H15N5O2/c1-2-17-8(6-3-4-6)10-14-11(18-16-10)7-5-13-15-9(7)12/h5-6,8H,2-4H2,1H3,(H3,12,13,15). The van der Waals surface area contributed by atoms with Crippen molar-refractivity contribution in [2.24, 2.45) is 5.92 Å². The highest BCUT2D eigenvalue weighted by Gasteiger charge is 2.36. The summed E-state index contributed by atoms with van der Waals surface area (Å²) in [5.74, 6) is 1.90. The van der Waals surface area contributed by atoms with Gasteiger partial charge in [-0.1, -0.05) is 5.16 Å². The van der Waals surface area contributed by atoms with E-state index in [-0.39, 0.29) is 6.10 Å². The summed E-state index contributed by atoms with van der Waals surface area (Å²) >= 11 is 0. The van der Waals surface area contributed by atoms with Crippen molar-refractivity contribution in [3.05, 3.63) is 12.0 Å². The minimum absolute atomic E-state index is 0.0689. The molecule has 3 N–H and O–H groups in total. The van der Waals surface area contributed by atoms with Gasteiger partial charge in [0, 0.05) is 6.61 Å². The van der Waals surface area contributed by atoms with Crippen molar-refractivity contribution in [3.63, 3.8) is 0 Å². The summed E-state index contributed by atoms with van der Waals surface area (Å²) < 4.78 is 10.9. The molecule has 0 spiro atoms. The molecule has 18 heavy (non-hydrogen) atoms. The summed E-state index contributed by atoms with van der Waals surface area (Å²) in [4.78, 5) is 4.35. The average molecular weight is 249 g/mol. The Morgan fingerprint density at radius 2 is 2.44 bits per heavy atom. The van der Waals surface area contributed by atoms with Crippen LogP contribution < -0.4 is 5.73 Å². The Morgan fingerprint density at radius 1 is 1.61 bits per heavy atom. The smallest absolute Gasteiger partial charge is 0.263 e. The first-order valence-corrected chi connectivity index (χ1v) is 6.04. The van der Waals surface area contributed by atoms with Crippen molar-refractivity contribution in [1.29, 1.82) is 0 Å². The van der Waals surface area contributed by atoms with Crippen molar-refractivity contribution in [2.75, 3.05) is 12.3 Å². The van der Waals surface area contributed by atoms with E-state index >= 15 is 0 Å². The third-order valence-electron chi connectivity index (χ3n) is 2.99. The summed E-state index contributed by atoms with van der Waals surface area (Å²) in [5.41, 5.74) is 6.34. The van der Waals surface area contributed by atoms with Gasteiger partial charge in [-0.3, -0.25) is 5.10 Å². The highest BCUT2D eigenvalue weighted by molar-refractivity contribution is 5.65. The van der Waals surface area contributed by atoms with Gasteiger partial charge in [0.15, 0.2) is 0 Å². The fourth-order valence-electron chi connectivity index (χ4n) is 1.93. The molecule has 2 aromatic rings. The van der Waals surface area contributed by atoms with Gasteiger partial charge in [0.1, 0.15) is 17.5 Å². The molecule has 2 heterocycles. The number of nitrogens with one attached hydrogen (secondary N) is 1. The Hall–Kier alpha value is -1.89. The van der Waals surface area contributed by atoms with E-state index in [1.807, 2.05) is 6.92 Å². The lowest BCUT2D eigenvalue weighted by Crippen LogP contribution is -2.08. The highest BCUT2D eigenvalue weighted by atomic mass is 16.5. The molecule has 96 valence electrons. The van der Waals surface area contributed by atoms with Crippen LogP contribution in [0, 0.1) is 5.92 Å². The average Bonchev–Trinajstić information content (AvgIpc) is 2.93. The summed E-state index contributed by atoms with van der Waals surface area (Å²) in [6, 6.07) is 0.